The highest BCUT2D eigenvalue weighted by Gasteiger charge is 2.09. The van der Waals surface area contributed by atoms with Gasteiger partial charge in [-0.1, -0.05) is 47.8 Å². The van der Waals surface area contributed by atoms with Crippen molar-refractivity contribution < 1.29 is 4.74 Å². The van der Waals surface area contributed by atoms with E-state index in [0.29, 0.717) is 33.2 Å². The van der Waals surface area contributed by atoms with Gasteiger partial charge in [0.25, 0.3) is 0 Å². The number of rotatable bonds is 5. The first kappa shape index (κ1) is 15.4. The van der Waals surface area contributed by atoms with Gasteiger partial charge >= 0.3 is 0 Å². The zero-order valence-electron chi connectivity index (χ0n) is 10.8. The van der Waals surface area contributed by atoms with Crippen molar-refractivity contribution in [3.05, 3.63) is 51.1 Å². The van der Waals surface area contributed by atoms with Crippen molar-refractivity contribution in [2.24, 2.45) is 0 Å². The third-order valence-electron chi connectivity index (χ3n) is 2.61. The number of benzene rings is 1. The molecule has 0 aliphatic rings. The number of halogens is 3. The zero-order chi connectivity index (χ0) is 14.5. The summed E-state index contributed by atoms with van der Waals surface area (Å²) in [7, 11) is 0. The van der Waals surface area contributed by atoms with Gasteiger partial charge in [-0.25, -0.2) is 4.98 Å². The fraction of sp³-hybridized carbons (Fsp3) is 0.214. The third kappa shape index (κ3) is 3.76. The molecular formula is C14H13Cl3N2O. The van der Waals surface area contributed by atoms with E-state index in [9.17, 15) is 0 Å². The monoisotopic (exact) mass is 330 g/mol. The molecule has 2 rings (SSSR count). The van der Waals surface area contributed by atoms with E-state index in [1.807, 2.05) is 6.92 Å². The summed E-state index contributed by atoms with van der Waals surface area (Å²) in [4.78, 5) is 4.13. The van der Waals surface area contributed by atoms with Crippen LogP contribution in [0.25, 0.3) is 0 Å². The van der Waals surface area contributed by atoms with Crippen molar-refractivity contribution in [2.45, 2.75) is 13.5 Å². The first-order valence-electron chi connectivity index (χ1n) is 6.08. The van der Waals surface area contributed by atoms with Gasteiger partial charge in [0, 0.05) is 18.8 Å². The van der Waals surface area contributed by atoms with Crippen molar-refractivity contribution in [1.29, 1.82) is 0 Å². The van der Waals surface area contributed by atoms with E-state index >= 15 is 0 Å². The minimum atomic E-state index is 0.360. The van der Waals surface area contributed by atoms with E-state index in [-0.39, 0.29) is 0 Å². The Labute approximate surface area is 132 Å². The molecule has 0 saturated carbocycles. The van der Waals surface area contributed by atoms with Gasteiger partial charge in [-0.3, -0.25) is 0 Å². The van der Waals surface area contributed by atoms with Gasteiger partial charge in [0.15, 0.2) is 0 Å². The smallest absolute Gasteiger partial charge is 0.219 e. The van der Waals surface area contributed by atoms with Crippen LogP contribution in [0, 0.1) is 0 Å². The molecule has 20 heavy (non-hydrogen) atoms. The molecule has 0 amide bonds. The molecule has 0 radical (unpaired) electrons. The highest BCUT2D eigenvalue weighted by atomic mass is 35.5. The molecule has 1 aromatic heterocycles. The normalized spacial score (nSPS) is 10.6. The van der Waals surface area contributed by atoms with Crippen molar-refractivity contribution in [2.75, 3.05) is 6.54 Å². The lowest BCUT2D eigenvalue weighted by Gasteiger charge is -2.10. The molecule has 0 saturated heterocycles. The van der Waals surface area contributed by atoms with E-state index in [1.165, 1.54) is 0 Å². The average Bonchev–Trinajstić information content (AvgIpc) is 2.44. The number of hydrogen-bond acceptors (Lipinski definition) is 3. The van der Waals surface area contributed by atoms with Gasteiger partial charge in [0.2, 0.25) is 5.88 Å². The van der Waals surface area contributed by atoms with E-state index in [4.69, 9.17) is 39.5 Å². The van der Waals surface area contributed by atoms with E-state index in [2.05, 4.69) is 10.3 Å². The van der Waals surface area contributed by atoms with Crippen molar-refractivity contribution >= 4 is 34.8 Å². The lowest BCUT2D eigenvalue weighted by molar-refractivity contribution is 0.462. The number of hydrogen-bond donors (Lipinski definition) is 1. The first-order chi connectivity index (χ1) is 9.61. The highest BCUT2D eigenvalue weighted by molar-refractivity contribution is 6.42. The Bertz CT molecular complexity index is 605. The molecule has 0 unspecified atom stereocenters. The Balaban J connectivity index is 2.23. The Hall–Kier alpha value is -1.000. The maximum Gasteiger partial charge on any atom is 0.219 e. The van der Waals surface area contributed by atoms with E-state index in [0.717, 1.165) is 12.1 Å². The fourth-order valence-corrected chi connectivity index (χ4v) is 2.09. The Kier molecular flexibility index (Phi) is 5.49. The summed E-state index contributed by atoms with van der Waals surface area (Å²) in [5, 5.41) is 4.59. The molecule has 0 bridgehead atoms. The van der Waals surface area contributed by atoms with Gasteiger partial charge in [-0.05, 0) is 24.2 Å². The second-order valence-corrected chi connectivity index (χ2v) is 5.24. The summed E-state index contributed by atoms with van der Waals surface area (Å²) < 4.78 is 5.65. The Morgan fingerprint density at radius 1 is 1.20 bits per heavy atom. The molecule has 1 aromatic carbocycles. The molecule has 1 heterocycles. The van der Waals surface area contributed by atoms with Crippen LogP contribution in [0.2, 0.25) is 15.1 Å². The Morgan fingerprint density at radius 2 is 2.00 bits per heavy atom. The molecule has 1 N–H and O–H groups in total. The van der Waals surface area contributed by atoms with Gasteiger partial charge in [0.1, 0.15) is 10.8 Å². The number of nitrogens with one attached hydrogen (secondary N) is 1. The van der Waals surface area contributed by atoms with Crippen LogP contribution >= 0.6 is 34.8 Å². The zero-order valence-corrected chi connectivity index (χ0v) is 13.1. The van der Waals surface area contributed by atoms with Crippen molar-refractivity contribution in [1.82, 2.24) is 10.3 Å². The average molecular weight is 332 g/mol. The van der Waals surface area contributed by atoms with Crippen LogP contribution in [0.4, 0.5) is 0 Å². The van der Waals surface area contributed by atoms with Crippen LogP contribution in [-0.4, -0.2) is 11.5 Å². The van der Waals surface area contributed by atoms with Crippen LogP contribution in [0.3, 0.4) is 0 Å². The van der Waals surface area contributed by atoms with Crippen LogP contribution in [0.15, 0.2) is 30.5 Å². The maximum absolute atomic E-state index is 6.09. The molecule has 0 aliphatic carbocycles. The summed E-state index contributed by atoms with van der Waals surface area (Å²) in [5.74, 6) is 0.884. The number of aromatic nitrogens is 1. The molecule has 6 heteroatoms. The van der Waals surface area contributed by atoms with Gasteiger partial charge in [-0.15, -0.1) is 0 Å². The van der Waals surface area contributed by atoms with E-state index in [1.54, 1.807) is 30.5 Å². The van der Waals surface area contributed by atoms with Crippen molar-refractivity contribution in [3.63, 3.8) is 0 Å². The fourth-order valence-electron chi connectivity index (χ4n) is 1.58. The second-order valence-electron chi connectivity index (χ2n) is 4.05. The molecular weight excluding hydrogens is 319 g/mol. The van der Waals surface area contributed by atoms with Gasteiger partial charge in [-0.2, -0.15) is 0 Å². The molecule has 2 aromatic rings. The van der Waals surface area contributed by atoms with E-state index < -0.39 is 0 Å². The molecule has 0 fully saturated rings. The lowest BCUT2D eigenvalue weighted by atomic mass is 10.2. The summed E-state index contributed by atoms with van der Waals surface area (Å²) in [6.07, 6.45) is 1.56. The van der Waals surface area contributed by atoms with Crippen LogP contribution in [0.5, 0.6) is 11.6 Å². The summed E-state index contributed by atoms with van der Waals surface area (Å²) in [6.45, 7) is 3.53. The minimum absolute atomic E-state index is 0.360. The predicted octanol–water partition coefficient (Wildman–Crippen LogP) is 4.94. The first-order valence-corrected chi connectivity index (χ1v) is 7.22. The quantitative estimate of drug-likeness (QED) is 0.842. The summed E-state index contributed by atoms with van der Waals surface area (Å²) in [5.41, 5.74) is 0.914. The minimum Gasteiger partial charge on any atom is -0.437 e. The summed E-state index contributed by atoms with van der Waals surface area (Å²) >= 11 is 18.1. The third-order valence-corrected chi connectivity index (χ3v) is 3.75. The van der Waals surface area contributed by atoms with Crippen LogP contribution in [0.1, 0.15) is 12.5 Å². The maximum atomic E-state index is 6.09. The predicted molar refractivity (Wildman–Crippen MR) is 83.2 cm³/mol. The Morgan fingerprint density at radius 3 is 2.75 bits per heavy atom. The number of pyridine rings is 1. The van der Waals surface area contributed by atoms with Gasteiger partial charge in [0.05, 0.1) is 10.0 Å². The summed E-state index contributed by atoms with van der Waals surface area (Å²) in [6, 6.07) is 6.97. The largest absolute Gasteiger partial charge is 0.437 e. The van der Waals surface area contributed by atoms with Crippen LogP contribution < -0.4 is 10.1 Å². The number of nitrogens with zero attached hydrogens (tertiary/aromatic N) is 1. The van der Waals surface area contributed by atoms with Gasteiger partial charge < -0.3 is 10.1 Å². The number of ether oxygens (including phenoxy) is 1. The molecule has 3 nitrogen and oxygen atoms in total. The standard InChI is InChI=1S/C14H13Cl3N2O/c1-2-18-7-9-6-13(19-8-11(9)16)20-12-5-3-4-10(15)14(12)17/h3-6,8,18H,2,7H2,1H3. The topological polar surface area (TPSA) is 34.1 Å². The second kappa shape index (κ2) is 7.14. The van der Waals surface area contributed by atoms with Crippen LogP contribution in [-0.2, 0) is 6.54 Å². The lowest BCUT2D eigenvalue weighted by Crippen LogP contribution is -2.12. The SMILES string of the molecule is CCNCc1cc(Oc2cccc(Cl)c2Cl)ncc1Cl. The molecule has 106 valence electrons. The van der Waals surface area contributed by atoms with Crippen molar-refractivity contribution in [3.8, 4) is 11.6 Å². The molecule has 0 spiro atoms. The molecule has 0 aliphatic heterocycles. The molecule has 0 atom stereocenters. The highest BCUT2D eigenvalue weighted by Crippen LogP contribution is 2.34.